The van der Waals surface area contributed by atoms with Gasteiger partial charge in [0.15, 0.2) is 11.5 Å². The lowest BCUT2D eigenvalue weighted by Crippen LogP contribution is -2.00. The van der Waals surface area contributed by atoms with E-state index in [4.69, 9.17) is 14.2 Å². The number of hydrogen-bond acceptors (Lipinski definition) is 4. The molecule has 4 nitrogen and oxygen atoms in total. The summed E-state index contributed by atoms with van der Waals surface area (Å²) in [6.45, 7) is 5.06. The van der Waals surface area contributed by atoms with Crippen LogP contribution in [0.5, 0.6) is 11.5 Å². The first kappa shape index (κ1) is 17.6. The van der Waals surface area contributed by atoms with Crippen molar-refractivity contribution in [1.29, 1.82) is 0 Å². The van der Waals surface area contributed by atoms with Crippen LogP contribution in [0.4, 0.5) is 0 Å². The van der Waals surface area contributed by atoms with Crippen LogP contribution in [-0.2, 0) is 16.1 Å². The molecule has 0 spiro atoms. The molecular formula is C20H22O4. The summed E-state index contributed by atoms with van der Waals surface area (Å²) < 4.78 is 16.4. The van der Waals surface area contributed by atoms with Crippen LogP contribution in [0.1, 0.15) is 25.0 Å². The largest absolute Gasteiger partial charge is 0.490 e. The predicted molar refractivity (Wildman–Crippen MR) is 94.1 cm³/mol. The van der Waals surface area contributed by atoms with E-state index >= 15 is 0 Å². The predicted octanol–water partition coefficient (Wildman–Crippen LogP) is 4.24. The van der Waals surface area contributed by atoms with Crippen LogP contribution in [0.3, 0.4) is 0 Å². The fourth-order valence-corrected chi connectivity index (χ4v) is 2.11. The Morgan fingerprint density at radius 3 is 2.46 bits per heavy atom. The van der Waals surface area contributed by atoms with Gasteiger partial charge in [-0.15, -0.1) is 0 Å². The number of carbonyl (C=O) groups is 1. The van der Waals surface area contributed by atoms with Gasteiger partial charge in [-0.25, -0.2) is 4.79 Å². The number of rotatable bonds is 8. The lowest BCUT2D eigenvalue weighted by molar-refractivity contribution is -0.137. The van der Waals surface area contributed by atoms with Crippen molar-refractivity contribution in [1.82, 2.24) is 0 Å². The number of benzene rings is 2. The molecule has 24 heavy (non-hydrogen) atoms. The van der Waals surface area contributed by atoms with E-state index in [-0.39, 0.29) is 5.97 Å². The van der Waals surface area contributed by atoms with Gasteiger partial charge in [-0.2, -0.15) is 0 Å². The van der Waals surface area contributed by atoms with Crippen LogP contribution in [0, 0.1) is 0 Å². The van der Waals surface area contributed by atoms with Gasteiger partial charge in [0.25, 0.3) is 0 Å². The Morgan fingerprint density at radius 2 is 1.75 bits per heavy atom. The summed E-state index contributed by atoms with van der Waals surface area (Å²) in [4.78, 5) is 11.4. The van der Waals surface area contributed by atoms with Gasteiger partial charge >= 0.3 is 5.97 Å². The molecule has 126 valence electrons. The molecule has 0 aliphatic rings. The molecule has 0 aromatic heterocycles. The Morgan fingerprint density at radius 1 is 0.958 bits per heavy atom. The van der Waals surface area contributed by atoms with E-state index in [1.54, 1.807) is 13.0 Å². The normalized spacial score (nSPS) is 10.6. The van der Waals surface area contributed by atoms with Gasteiger partial charge < -0.3 is 14.2 Å². The van der Waals surface area contributed by atoms with E-state index in [0.717, 1.165) is 11.1 Å². The van der Waals surface area contributed by atoms with E-state index in [1.807, 2.05) is 55.5 Å². The molecule has 2 rings (SSSR count). The zero-order valence-electron chi connectivity index (χ0n) is 14.0. The molecular weight excluding hydrogens is 304 g/mol. The third-order valence-electron chi connectivity index (χ3n) is 3.20. The highest BCUT2D eigenvalue weighted by molar-refractivity contribution is 5.87. The average molecular weight is 326 g/mol. The van der Waals surface area contributed by atoms with Crippen LogP contribution in [-0.4, -0.2) is 19.2 Å². The number of esters is 1. The third-order valence-corrected chi connectivity index (χ3v) is 3.20. The van der Waals surface area contributed by atoms with Gasteiger partial charge in [0.1, 0.15) is 6.61 Å². The maximum atomic E-state index is 11.4. The molecule has 0 aliphatic heterocycles. The quantitative estimate of drug-likeness (QED) is 0.537. The zero-order valence-corrected chi connectivity index (χ0v) is 14.0. The van der Waals surface area contributed by atoms with E-state index in [0.29, 0.717) is 31.3 Å². The van der Waals surface area contributed by atoms with Crippen molar-refractivity contribution in [3.05, 3.63) is 65.7 Å². The zero-order chi connectivity index (χ0) is 17.2. The first-order valence-corrected chi connectivity index (χ1v) is 8.01. The van der Waals surface area contributed by atoms with E-state index in [9.17, 15) is 4.79 Å². The minimum Gasteiger partial charge on any atom is -0.490 e. The molecule has 0 atom stereocenters. The number of ether oxygens (including phenoxy) is 3. The fraction of sp³-hybridized carbons (Fsp3) is 0.250. The topological polar surface area (TPSA) is 44.8 Å². The summed E-state index contributed by atoms with van der Waals surface area (Å²) in [5.41, 5.74) is 1.93. The van der Waals surface area contributed by atoms with Crippen LogP contribution < -0.4 is 9.47 Å². The van der Waals surface area contributed by atoms with Gasteiger partial charge in [0.2, 0.25) is 0 Å². The van der Waals surface area contributed by atoms with Gasteiger partial charge in [-0.1, -0.05) is 36.4 Å². The molecule has 0 radical (unpaired) electrons. The molecule has 0 unspecified atom stereocenters. The smallest absolute Gasteiger partial charge is 0.330 e. The lowest BCUT2D eigenvalue weighted by Gasteiger charge is -2.12. The van der Waals surface area contributed by atoms with E-state index in [1.165, 1.54) is 6.08 Å². The molecule has 2 aromatic rings. The second kappa shape index (κ2) is 9.40. The van der Waals surface area contributed by atoms with Crippen LogP contribution in [0.25, 0.3) is 6.08 Å². The Kier molecular flexibility index (Phi) is 6.90. The van der Waals surface area contributed by atoms with Crippen LogP contribution in [0.2, 0.25) is 0 Å². The summed E-state index contributed by atoms with van der Waals surface area (Å²) in [7, 11) is 0. The Balaban J connectivity index is 2.09. The van der Waals surface area contributed by atoms with Crippen LogP contribution in [0.15, 0.2) is 54.6 Å². The van der Waals surface area contributed by atoms with Crippen molar-refractivity contribution in [2.75, 3.05) is 13.2 Å². The first-order valence-electron chi connectivity index (χ1n) is 8.01. The Labute approximate surface area is 142 Å². The highest BCUT2D eigenvalue weighted by atomic mass is 16.5. The monoisotopic (exact) mass is 326 g/mol. The Hall–Kier alpha value is -2.75. The molecule has 0 saturated carbocycles. The highest BCUT2D eigenvalue weighted by Crippen LogP contribution is 2.29. The summed E-state index contributed by atoms with van der Waals surface area (Å²) in [6, 6.07) is 15.5. The minimum absolute atomic E-state index is 0.361. The molecule has 4 heteroatoms. The average Bonchev–Trinajstić information content (AvgIpc) is 2.60. The third kappa shape index (κ3) is 5.47. The summed E-state index contributed by atoms with van der Waals surface area (Å²) in [6.07, 6.45) is 3.10. The molecule has 0 fully saturated rings. The maximum Gasteiger partial charge on any atom is 0.330 e. The summed E-state index contributed by atoms with van der Waals surface area (Å²) in [5.74, 6) is 0.966. The number of hydrogen-bond donors (Lipinski definition) is 0. The second-order valence-electron chi connectivity index (χ2n) is 5.00. The first-order chi connectivity index (χ1) is 11.7. The number of carbonyl (C=O) groups excluding carboxylic acids is 1. The second-order valence-corrected chi connectivity index (χ2v) is 5.00. The minimum atomic E-state index is -0.361. The van der Waals surface area contributed by atoms with E-state index < -0.39 is 0 Å². The van der Waals surface area contributed by atoms with Gasteiger partial charge in [-0.3, -0.25) is 0 Å². The van der Waals surface area contributed by atoms with Crippen molar-refractivity contribution in [2.24, 2.45) is 0 Å². The lowest BCUT2D eigenvalue weighted by atomic mass is 10.2. The van der Waals surface area contributed by atoms with E-state index in [2.05, 4.69) is 0 Å². The molecule has 2 aromatic carbocycles. The summed E-state index contributed by atoms with van der Waals surface area (Å²) in [5, 5.41) is 0. The van der Waals surface area contributed by atoms with Gasteiger partial charge in [-0.05, 0) is 43.2 Å². The standard InChI is InChI=1S/C20H22O4/c1-3-22-19-14-16(11-13-20(21)23-4-2)10-12-18(19)24-15-17-8-6-5-7-9-17/h5-14H,3-4,15H2,1-2H3/b13-11+. The van der Waals surface area contributed by atoms with Crippen molar-refractivity contribution in [2.45, 2.75) is 20.5 Å². The molecule has 0 bridgehead atoms. The summed E-state index contributed by atoms with van der Waals surface area (Å²) >= 11 is 0. The molecule has 0 heterocycles. The Bertz CT molecular complexity index is 677. The van der Waals surface area contributed by atoms with Crippen molar-refractivity contribution < 1.29 is 19.0 Å². The SMILES string of the molecule is CCOC(=O)/C=C/c1ccc(OCc2ccccc2)c(OCC)c1. The molecule has 0 N–H and O–H groups in total. The van der Waals surface area contributed by atoms with Crippen molar-refractivity contribution >= 4 is 12.0 Å². The van der Waals surface area contributed by atoms with Gasteiger partial charge in [0, 0.05) is 6.08 Å². The molecule has 0 amide bonds. The van der Waals surface area contributed by atoms with Gasteiger partial charge in [0.05, 0.1) is 13.2 Å². The maximum absolute atomic E-state index is 11.4. The van der Waals surface area contributed by atoms with Crippen molar-refractivity contribution in [3.8, 4) is 11.5 Å². The fourth-order valence-electron chi connectivity index (χ4n) is 2.11. The van der Waals surface area contributed by atoms with Crippen LogP contribution >= 0.6 is 0 Å². The molecule has 0 aliphatic carbocycles. The molecule has 0 saturated heterocycles. The van der Waals surface area contributed by atoms with Crippen molar-refractivity contribution in [3.63, 3.8) is 0 Å². The highest BCUT2D eigenvalue weighted by Gasteiger charge is 2.06.